The highest BCUT2D eigenvalue weighted by atomic mass is 79.9. The molecule has 0 spiro atoms. The molecule has 5 heteroatoms. The van der Waals surface area contributed by atoms with Crippen LogP contribution >= 0.6 is 15.9 Å². The summed E-state index contributed by atoms with van der Waals surface area (Å²) in [5.41, 5.74) is 0.800. The minimum atomic E-state index is -0.561. The van der Waals surface area contributed by atoms with E-state index in [9.17, 15) is 9.18 Å². The highest BCUT2D eigenvalue weighted by molar-refractivity contribution is 9.10. The summed E-state index contributed by atoms with van der Waals surface area (Å²) in [5.74, 6) is -0.473. The number of anilines is 1. The molecule has 1 aliphatic rings. The SMILES string of the molecule is Cc1cc(Br)c(F)cc1NC(=O)C1(C)CCCCN1. The van der Waals surface area contributed by atoms with Gasteiger partial charge in [0.1, 0.15) is 5.82 Å². The largest absolute Gasteiger partial charge is 0.324 e. The van der Waals surface area contributed by atoms with Crippen molar-refractivity contribution in [3.63, 3.8) is 0 Å². The minimum Gasteiger partial charge on any atom is -0.324 e. The van der Waals surface area contributed by atoms with Crippen LogP contribution in [-0.2, 0) is 4.79 Å². The van der Waals surface area contributed by atoms with E-state index < -0.39 is 5.54 Å². The first-order valence-corrected chi connectivity index (χ1v) is 7.24. The van der Waals surface area contributed by atoms with Crippen molar-refractivity contribution >= 4 is 27.5 Å². The Morgan fingerprint density at radius 1 is 1.47 bits per heavy atom. The summed E-state index contributed by atoms with van der Waals surface area (Å²) in [6.45, 7) is 4.58. The topological polar surface area (TPSA) is 41.1 Å². The number of piperidine rings is 1. The number of hydrogen-bond donors (Lipinski definition) is 2. The first-order chi connectivity index (χ1) is 8.92. The van der Waals surface area contributed by atoms with Gasteiger partial charge in [-0.05, 0) is 73.3 Å². The number of benzene rings is 1. The molecule has 0 aliphatic carbocycles. The lowest BCUT2D eigenvalue weighted by molar-refractivity contribution is -0.122. The van der Waals surface area contributed by atoms with Crippen LogP contribution in [0, 0.1) is 12.7 Å². The molecule has 1 aromatic carbocycles. The zero-order chi connectivity index (χ0) is 14.0. The maximum atomic E-state index is 13.5. The molecular formula is C14H18BrFN2O. The van der Waals surface area contributed by atoms with E-state index in [0.29, 0.717) is 10.2 Å². The zero-order valence-electron chi connectivity index (χ0n) is 11.1. The second-order valence-corrected chi connectivity index (χ2v) is 6.11. The van der Waals surface area contributed by atoms with Crippen molar-refractivity contribution in [1.82, 2.24) is 5.32 Å². The predicted molar refractivity (Wildman–Crippen MR) is 77.7 cm³/mol. The molecule has 1 aromatic rings. The lowest BCUT2D eigenvalue weighted by Gasteiger charge is -2.33. The molecule has 2 rings (SSSR count). The van der Waals surface area contributed by atoms with Crippen molar-refractivity contribution in [2.75, 3.05) is 11.9 Å². The van der Waals surface area contributed by atoms with E-state index in [0.717, 1.165) is 31.4 Å². The van der Waals surface area contributed by atoms with Crippen LogP contribution < -0.4 is 10.6 Å². The number of amides is 1. The number of carbonyl (C=O) groups excluding carboxylic acids is 1. The Bertz CT molecular complexity index is 498. The van der Waals surface area contributed by atoms with Crippen LogP contribution in [0.5, 0.6) is 0 Å². The van der Waals surface area contributed by atoms with Crippen LogP contribution in [0.25, 0.3) is 0 Å². The molecule has 1 fully saturated rings. The van der Waals surface area contributed by atoms with E-state index in [-0.39, 0.29) is 11.7 Å². The van der Waals surface area contributed by atoms with E-state index in [1.807, 2.05) is 13.8 Å². The van der Waals surface area contributed by atoms with Gasteiger partial charge < -0.3 is 10.6 Å². The van der Waals surface area contributed by atoms with Gasteiger partial charge in [-0.3, -0.25) is 4.79 Å². The third kappa shape index (κ3) is 3.15. The smallest absolute Gasteiger partial charge is 0.244 e. The van der Waals surface area contributed by atoms with Gasteiger partial charge in [-0.1, -0.05) is 0 Å². The van der Waals surface area contributed by atoms with Crippen LogP contribution in [0.3, 0.4) is 0 Å². The van der Waals surface area contributed by atoms with Crippen LogP contribution in [0.15, 0.2) is 16.6 Å². The number of halogens is 2. The molecule has 0 radical (unpaired) electrons. The molecule has 0 aromatic heterocycles. The Hall–Kier alpha value is -0.940. The molecule has 1 atom stereocenters. The highest BCUT2D eigenvalue weighted by Gasteiger charge is 2.34. The number of rotatable bonds is 2. The summed E-state index contributed by atoms with van der Waals surface area (Å²) in [6, 6.07) is 3.02. The fraction of sp³-hybridized carbons (Fsp3) is 0.500. The number of aryl methyl sites for hydroxylation is 1. The third-order valence-corrected chi connectivity index (χ3v) is 4.24. The molecule has 1 heterocycles. The second kappa shape index (κ2) is 5.59. The highest BCUT2D eigenvalue weighted by Crippen LogP contribution is 2.26. The van der Waals surface area contributed by atoms with E-state index in [4.69, 9.17) is 0 Å². The van der Waals surface area contributed by atoms with Gasteiger partial charge in [0.25, 0.3) is 0 Å². The van der Waals surface area contributed by atoms with Gasteiger partial charge in [-0.25, -0.2) is 4.39 Å². The first kappa shape index (κ1) is 14.5. The monoisotopic (exact) mass is 328 g/mol. The molecule has 104 valence electrons. The van der Waals surface area contributed by atoms with Gasteiger partial charge in [0.2, 0.25) is 5.91 Å². The minimum absolute atomic E-state index is 0.1000. The molecule has 2 N–H and O–H groups in total. The lowest BCUT2D eigenvalue weighted by Crippen LogP contribution is -2.54. The Kier molecular flexibility index (Phi) is 4.26. The molecule has 19 heavy (non-hydrogen) atoms. The molecule has 0 saturated carbocycles. The summed E-state index contributed by atoms with van der Waals surface area (Å²) in [5, 5.41) is 6.07. The summed E-state index contributed by atoms with van der Waals surface area (Å²) in [7, 11) is 0. The standard InChI is InChI=1S/C14H18BrFN2O/c1-9-7-10(15)11(16)8-12(9)18-13(19)14(2)5-3-4-6-17-14/h7-8,17H,3-6H2,1-2H3,(H,18,19). The van der Waals surface area contributed by atoms with Crippen molar-refractivity contribution in [1.29, 1.82) is 0 Å². The van der Waals surface area contributed by atoms with Crippen molar-refractivity contribution in [3.05, 3.63) is 28.0 Å². The fourth-order valence-corrected chi connectivity index (χ4v) is 2.75. The van der Waals surface area contributed by atoms with Gasteiger partial charge in [0, 0.05) is 5.69 Å². The molecule has 3 nitrogen and oxygen atoms in total. The van der Waals surface area contributed by atoms with E-state index in [2.05, 4.69) is 26.6 Å². The quantitative estimate of drug-likeness (QED) is 0.873. The normalized spacial score (nSPS) is 23.2. The van der Waals surface area contributed by atoms with Gasteiger partial charge in [0.05, 0.1) is 10.0 Å². The maximum Gasteiger partial charge on any atom is 0.244 e. The molecule has 1 amide bonds. The van der Waals surface area contributed by atoms with Crippen molar-refractivity contribution < 1.29 is 9.18 Å². The van der Waals surface area contributed by atoms with Crippen LogP contribution in [0.4, 0.5) is 10.1 Å². The predicted octanol–water partition coefficient (Wildman–Crippen LogP) is 3.37. The summed E-state index contributed by atoms with van der Waals surface area (Å²) in [4.78, 5) is 12.3. The van der Waals surface area contributed by atoms with Crippen molar-refractivity contribution in [2.24, 2.45) is 0 Å². The van der Waals surface area contributed by atoms with Crippen molar-refractivity contribution in [2.45, 2.75) is 38.6 Å². The fourth-order valence-electron chi connectivity index (χ4n) is 2.29. The van der Waals surface area contributed by atoms with Gasteiger partial charge in [-0.2, -0.15) is 0 Å². The Labute approximate surface area is 121 Å². The summed E-state index contributed by atoms with van der Waals surface area (Å²) < 4.78 is 13.9. The third-order valence-electron chi connectivity index (χ3n) is 3.64. The number of nitrogens with one attached hydrogen (secondary N) is 2. The molecule has 1 unspecified atom stereocenters. The van der Waals surface area contributed by atoms with E-state index in [1.165, 1.54) is 6.07 Å². The van der Waals surface area contributed by atoms with Crippen molar-refractivity contribution in [3.8, 4) is 0 Å². The second-order valence-electron chi connectivity index (χ2n) is 5.25. The molecular weight excluding hydrogens is 311 g/mol. The Morgan fingerprint density at radius 3 is 2.84 bits per heavy atom. The number of carbonyl (C=O) groups is 1. The van der Waals surface area contributed by atoms with Gasteiger partial charge in [0.15, 0.2) is 0 Å². The lowest BCUT2D eigenvalue weighted by atomic mass is 9.90. The zero-order valence-corrected chi connectivity index (χ0v) is 12.7. The Morgan fingerprint density at radius 2 is 2.21 bits per heavy atom. The maximum absolute atomic E-state index is 13.5. The van der Waals surface area contributed by atoms with E-state index in [1.54, 1.807) is 6.07 Å². The number of hydrogen-bond acceptors (Lipinski definition) is 2. The van der Waals surface area contributed by atoms with Crippen LogP contribution in [0.1, 0.15) is 31.7 Å². The van der Waals surface area contributed by atoms with Gasteiger partial charge >= 0.3 is 0 Å². The Balaban J connectivity index is 2.16. The molecule has 1 aliphatic heterocycles. The average molecular weight is 329 g/mol. The van der Waals surface area contributed by atoms with Gasteiger partial charge in [-0.15, -0.1) is 0 Å². The van der Waals surface area contributed by atoms with E-state index >= 15 is 0 Å². The molecule has 1 saturated heterocycles. The average Bonchev–Trinajstić information content (AvgIpc) is 2.36. The first-order valence-electron chi connectivity index (χ1n) is 6.44. The van der Waals surface area contributed by atoms with Crippen LogP contribution in [0.2, 0.25) is 0 Å². The summed E-state index contributed by atoms with van der Waals surface area (Å²) in [6.07, 6.45) is 2.93. The summed E-state index contributed by atoms with van der Waals surface area (Å²) >= 11 is 3.13. The molecule has 0 bridgehead atoms. The van der Waals surface area contributed by atoms with Crippen LogP contribution in [-0.4, -0.2) is 18.0 Å².